The lowest BCUT2D eigenvalue weighted by Crippen LogP contribution is -2.13. The highest BCUT2D eigenvalue weighted by atomic mass is 32.2. The van der Waals surface area contributed by atoms with Crippen LogP contribution in [0.5, 0.6) is 0 Å². The molecule has 4 aromatic rings. The van der Waals surface area contributed by atoms with E-state index in [1.54, 1.807) is 44.3 Å². The lowest BCUT2D eigenvalue weighted by molar-refractivity contribution is 0.433. The van der Waals surface area contributed by atoms with Gasteiger partial charge in [0.1, 0.15) is 11.4 Å². The smallest absolute Gasteiger partial charge is 0.187 e. The maximum Gasteiger partial charge on any atom is 0.187 e. The minimum absolute atomic E-state index is 0. The molecule has 0 amide bonds. The number of nitrogens with one attached hydrogen (secondary N) is 1. The van der Waals surface area contributed by atoms with Crippen molar-refractivity contribution in [2.45, 2.75) is 37.5 Å². The zero-order valence-corrected chi connectivity index (χ0v) is 19.8. The number of benzene rings is 2. The number of aromatic nitrogens is 3. The first kappa shape index (κ1) is 22.8. The van der Waals surface area contributed by atoms with Crippen LogP contribution in [0.1, 0.15) is 26.5 Å². The lowest BCUT2D eigenvalue weighted by atomic mass is 10.1. The van der Waals surface area contributed by atoms with Crippen molar-refractivity contribution >= 4 is 9.84 Å². The zero-order chi connectivity index (χ0) is 23.6. The monoisotopic (exact) mass is 464 g/mol. The summed E-state index contributed by atoms with van der Waals surface area (Å²) in [7, 11) is -1.41. The Morgan fingerprint density at radius 1 is 1.00 bits per heavy atom. The van der Waals surface area contributed by atoms with Gasteiger partial charge in [-0.2, -0.15) is 0 Å². The maximum atomic E-state index is 12.4. The highest BCUT2D eigenvalue weighted by Crippen LogP contribution is 2.29. The predicted octanol–water partition coefficient (Wildman–Crippen LogP) is 4.92. The normalized spacial score (nSPS) is 11.8. The molecule has 0 spiro atoms. The van der Waals surface area contributed by atoms with Gasteiger partial charge in [-0.05, 0) is 45.5 Å². The van der Waals surface area contributed by atoms with Gasteiger partial charge >= 0.3 is 0 Å². The van der Waals surface area contributed by atoms with E-state index in [2.05, 4.69) is 27.6 Å². The molecule has 0 aliphatic heterocycles. The average molecular weight is 465 g/mol. The van der Waals surface area contributed by atoms with Crippen molar-refractivity contribution in [1.82, 2.24) is 20.4 Å². The molecule has 172 valence electrons. The Morgan fingerprint density at radius 2 is 1.64 bits per heavy atom. The van der Waals surface area contributed by atoms with Crippen LogP contribution in [0, 0.1) is 6.92 Å². The van der Waals surface area contributed by atoms with Crippen LogP contribution in [0.15, 0.2) is 70.2 Å². The fourth-order valence-electron chi connectivity index (χ4n) is 3.43. The highest BCUT2D eigenvalue weighted by molar-refractivity contribution is 7.92. The van der Waals surface area contributed by atoms with E-state index in [9.17, 15) is 8.42 Å². The maximum absolute atomic E-state index is 12.4. The van der Waals surface area contributed by atoms with Gasteiger partial charge in [0.2, 0.25) is 0 Å². The molecule has 2 aromatic carbocycles. The Bertz CT molecular complexity index is 1370. The molecular formula is C25H28N4O3S. The molecular weight excluding hydrogens is 436 g/mol. The largest absolute Gasteiger partial charge is 0.354 e. The van der Waals surface area contributed by atoms with Crippen LogP contribution >= 0.6 is 0 Å². The average Bonchev–Trinajstić information content (AvgIpc) is 3.30. The number of nitrogens with zero attached hydrogens (tertiary/aromatic N) is 3. The molecule has 0 saturated carbocycles. The number of aryl methyl sites for hydroxylation is 1. The summed E-state index contributed by atoms with van der Waals surface area (Å²) in [5.74, 6) is 0.523. The molecule has 0 atom stereocenters. The summed E-state index contributed by atoms with van der Waals surface area (Å²) in [4.78, 5) is 9.49. The van der Waals surface area contributed by atoms with Gasteiger partial charge in [-0.1, -0.05) is 41.6 Å². The number of hydrogen-bond acceptors (Lipinski definition) is 7. The van der Waals surface area contributed by atoms with Crippen molar-refractivity contribution < 1.29 is 14.4 Å². The number of hydrogen-bond donors (Lipinski definition) is 1. The predicted molar refractivity (Wildman–Crippen MR) is 130 cm³/mol. The summed E-state index contributed by atoms with van der Waals surface area (Å²) in [5, 5.41) is 6.86. The van der Waals surface area contributed by atoms with Gasteiger partial charge in [0.25, 0.3) is 0 Å². The van der Waals surface area contributed by atoms with Gasteiger partial charge in [0, 0.05) is 25.2 Å². The summed E-state index contributed by atoms with van der Waals surface area (Å²) in [6.07, 6.45) is 1.67. The molecule has 4 rings (SSSR count). The summed E-state index contributed by atoms with van der Waals surface area (Å²) >= 11 is 0. The molecule has 33 heavy (non-hydrogen) atoms. The van der Waals surface area contributed by atoms with E-state index >= 15 is 0 Å². The van der Waals surface area contributed by atoms with Crippen LogP contribution in [-0.4, -0.2) is 35.8 Å². The second-order valence-electron chi connectivity index (χ2n) is 8.11. The van der Waals surface area contributed by atoms with Crippen LogP contribution in [0.4, 0.5) is 0 Å². The third kappa shape index (κ3) is 4.72. The molecule has 2 aromatic heterocycles. The molecule has 0 bridgehead atoms. The van der Waals surface area contributed by atoms with Crippen LogP contribution in [0.2, 0.25) is 0 Å². The molecule has 8 heteroatoms. The van der Waals surface area contributed by atoms with Gasteiger partial charge in [-0.3, -0.25) is 4.98 Å². The van der Waals surface area contributed by atoms with Crippen LogP contribution in [0.3, 0.4) is 0 Å². The highest BCUT2D eigenvalue weighted by Gasteiger charge is 2.19. The molecule has 0 fully saturated rings. The third-order valence-corrected chi connectivity index (χ3v) is 7.60. The lowest BCUT2D eigenvalue weighted by Gasteiger charge is -2.09. The first-order chi connectivity index (χ1) is 15.8. The van der Waals surface area contributed by atoms with E-state index < -0.39 is 15.1 Å². The summed E-state index contributed by atoms with van der Waals surface area (Å²) in [6, 6.07) is 16.7. The second-order valence-corrected chi connectivity index (χ2v) is 10.6. The molecule has 2 heterocycles. The van der Waals surface area contributed by atoms with Gasteiger partial charge < -0.3 is 9.84 Å². The Labute approximate surface area is 195 Å². The van der Waals surface area contributed by atoms with Gasteiger partial charge in [-0.25, -0.2) is 13.4 Å². The Hall–Kier alpha value is -3.36. The van der Waals surface area contributed by atoms with Gasteiger partial charge in [0.05, 0.1) is 27.7 Å². The molecule has 1 N–H and O–H groups in total. The van der Waals surface area contributed by atoms with E-state index in [1.807, 2.05) is 32.2 Å². The van der Waals surface area contributed by atoms with Crippen molar-refractivity contribution in [2.75, 3.05) is 7.05 Å². The van der Waals surface area contributed by atoms with E-state index in [4.69, 9.17) is 9.51 Å². The number of sulfone groups is 1. The van der Waals surface area contributed by atoms with E-state index in [0.29, 0.717) is 27.7 Å². The fourth-order valence-corrected chi connectivity index (χ4v) is 4.49. The molecule has 0 aliphatic rings. The van der Waals surface area contributed by atoms with Crippen LogP contribution in [-0.2, 0) is 16.4 Å². The van der Waals surface area contributed by atoms with Crippen molar-refractivity contribution in [3.05, 3.63) is 72.1 Å². The topological polar surface area (TPSA) is 98.0 Å². The summed E-state index contributed by atoms with van der Waals surface area (Å²) < 4.78 is 30.4. The first-order valence-corrected chi connectivity index (χ1v) is 12.2. The van der Waals surface area contributed by atoms with Gasteiger partial charge in [-0.15, -0.1) is 0 Å². The van der Waals surface area contributed by atoms with Crippen LogP contribution in [0.25, 0.3) is 34.0 Å². The Balaban J connectivity index is 0.00000324. The second kappa shape index (κ2) is 9.25. The Morgan fingerprint density at radius 3 is 2.27 bits per heavy atom. The molecule has 0 saturated heterocycles. The summed E-state index contributed by atoms with van der Waals surface area (Å²) in [5.41, 5.74) is 5.56. The minimum atomic E-state index is -3.33. The fraction of sp³-hybridized carbons (Fsp3) is 0.240. The van der Waals surface area contributed by atoms with Crippen molar-refractivity contribution in [1.29, 1.82) is 0 Å². The number of rotatable bonds is 7. The van der Waals surface area contributed by atoms with Crippen LogP contribution < -0.4 is 5.32 Å². The standard InChI is InChI=1S/C25H26N4O3S.H2/c1-16(2)33(30,31)21-11-9-20(10-12-21)23-15-27-17(3)25(28-23)24-13-22(29-32-24)19-7-5-18(6-8-19)14-26-4;/h5-13,15-16,26H,14H2,1-4H3;1H. The quantitative estimate of drug-likeness (QED) is 0.414. The van der Waals surface area contributed by atoms with Crippen molar-refractivity contribution in [3.8, 4) is 34.0 Å². The van der Waals surface area contributed by atoms with E-state index in [0.717, 1.165) is 23.4 Å². The Kier molecular flexibility index (Phi) is 6.40. The zero-order valence-electron chi connectivity index (χ0n) is 19.0. The molecule has 0 aliphatic carbocycles. The first-order valence-electron chi connectivity index (χ1n) is 10.7. The SMILES string of the molecule is CNCc1ccc(-c2cc(-c3nc(-c4ccc(S(=O)(=O)C(C)C)cc4)cnc3C)on2)cc1.[HH]. The third-order valence-electron chi connectivity index (χ3n) is 5.43. The van der Waals surface area contributed by atoms with Crippen molar-refractivity contribution in [2.24, 2.45) is 0 Å². The van der Waals surface area contributed by atoms with E-state index in [-0.39, 0.29) is 1.43 Å². The molecule has 7 nitrogen and oxygen atoms in total. The van der Waals surface area contributed by atoms with Crippen molar-refractivity contribution in [3.63, 3.8) is 0 Å². The minimum Gasteiger partial charge on any atom is -0.354 e. The van der Waals surface area contributed by atoms with E-state index in [1.165, 1.54) is 5.56 Å². The molecule has 0 unspecified atom stereocenters. The van der Waals surface area contributed by atoms with Gasteiger partial charge in [0.15, 0.2) is 15.6 Å². The molecule has 0 radical (unpaired) electrons. The summed E-state index contributed by atoms with van der Waals surface area (Å²) in [6.45, 7) is 6.00.